The lowest BCUT2D eigenvalue weighted by atomic mass is 9.90. The molecule has 2 aromatic rings. The Morgan fingerprint density at radius 2 is 1.04 bits per heavy atom. The molecule has 0 bridgehead atoms. The Morgan fingerprint density at radius 1 is 0.741 bits per heavy atom. The normalized spacial score (nSPS) is 10.2. The van der Waals surface area contributed by atoms with Crippen LogP contribution in [0.3, 0.4) is 0 Å². The van der Waals surface area contributed by atoms with Gasteiger partial charge in [0.1, 0.15) is 0 Å². The monoisotopic (exact) mass is 371 g/mol. The maximum absolute atomic E-state index is 4.25. The van der Waals surface area contributed by atoms with Crippen molar-refractivity contribution in [3.8, 4) is 0 Å². The first-order valence-corrected chi connectivity index (χ1v) is 9.91. The first-order valence-electron chi connectivity index (χ1n) is 9.91. The van der Waals surface area contributed by atoms with Gasteiger partial charge in [-0.15, -0.1) is 0 Å². The fourth-order valence-corrected chi connectivity index (χ4v) is 2.43. The molecule has 0 aliphatic rings. The van der Waals surface area contributed by atoms with Crippen molar-refractivity contribution in [1.82, 2.24) is 4.90 Å². The molecule has 0 aliphatic heterocycles. The van der Waals surface area contributed by atoms with Gasteiger partial charge in [-0.25, -0.2) is 0 Å². The Hall–Kier alpha value is -1.90. The highest BCUT2D eigenvalue weighted by Crippen LogP contribution is 2.29. The third-order valence-electron chi connectivity index (χ3n) is 3.92. The molecule has 0 radical (unpaired) electrons. The van der Waals surface area contributed by atoms with Gasteiger partial charge in [0.05, 0.1) is 0 Å². The van der Waals surface area contributed by atoms with E-state index in [-0.39, 0.29) is 0 Å². The third kappa shape index (κ3) is 10.1. The number of benzene rings is 2. The first kappa shape index (κ1) is 27.3. The number of ether oxygens (including phenoxy) is 1. The predicted octanol–water partition coefficient (Wildman–Crippen LogP) is 6.77. The summed E-state index contributed by atoms with van der Waals surface area (Å²) in [6, 6.07) is 21.7. The molecule has 0 fully saturated rings. The summed E-state index contributed by atoms with van der Waals surface area (Å²) >= 11 is 0. The predicted molar refractivity (Wildman–Crippen MR) is 123 cm³/mol. The van der Waals surface area contributed by atoms with Gasteiger partial charge in [0.15, 0.2) is 0 Å². The summed E-state index contributed by atoms with van der Waals surface area (Å²) in [5.41, 5.74) is 5.30. The molecular weight excluding hydrogens is 330 g/mol. The zero-order valence-electron chi connectivity index (χ0n) is 19.2. The summed E-state index contributed by atoms with van der Waals surface area (Å²) in [4.78, 5) is 2.25. The SMILES string of the molecule is CC.CC.CC(=C(c1ccccc1)c1ccccc1)C(C)N(C)C.COC. The summed E-state index contributed by atoms with van der Waals surface area (Å²) in [6.07, 6.45) is 0. The van der Waals surface area contributed by atoms with Crippen LogP contribution in [-0.2, 0) is 4.74 Å². The second-order valence-electron chi connectivity index (χ2n) is 5.84. The van der Waals surface area contributed by atoms with Crippen LogP contribution in [0, 0.1) is 0 Å². The van der Waals surface area contributed by atoms with Crippen LogP contribution in [0.5, 0.6) is 0 Å². The van der Waals surface area contributed by atoms with Crippen molar-refractivity contribution in [2.24, 2.45) is 0 Å². The average Bonchev–Trinajstić information content (AvgIpc) is 2.72. The van der Waals surface area contributed by atoms with Crippen molar-refractivity contribution in [3.05, 3.63) is 77.4 Å². The molecule has 2 rings (SSSR count). The Bertz CT molecular complexity index is 547. The van der Waals surface area contributed by atoms with E-state index in [2.05, 4.69) is 98.2 Å². The molecule has 1 atom stereocenters. The molecule has 27 heavy (non-hydrogen) atoms. The van der Waals surface area contributed by atoms with Crippen LogP contribution in [0.1, 0.15) is 52.7 Å². The highest BCUT2D eigenvalue weighted by molar-refractivity contribution is 5.82. The van der Waals surface area contributed by atoms with E-state index in [1.807, 2.05) is 27.7 Å². The van der Waals surface area contributed by atoms with Crippen molar-refractivity contribution in [3.63, 3.8) is 0 Å². The van der Waals surface area contributed by atoms with Crippen LogP contribution in [0.2, 0.25) is 0 Å². The van der Waals surface area contributed by atoms with E-state index in [0.29, 0.717) is 6.04 Å². The molecule has 152 valence electrons. The Morgan fingerprint density at radius 3 is 1.30 bits per heavy atom. The average molecular weight is 372 g/mol. The maximum Gasteiger partial charge on any atom is 0.0351 e. The summed E-state index contributed by atoms with van der Waals surface area (Å²) in [5, 5.41) is 0. The van der Waals surface area contributed by atoms with Gasteiger partial charge in [0, 0.05) is 20.3 Å². The third-order valence-corrected chi connectivity index (χ3v) is 3.92. The summed E-state index contributed by atoms with van der Waals surface area (Å²) < 4.78 is 4.25. The number of hydrogen-bond donors (Lipinski definition) is 0. The van der Waals surface area contributed by atoms with Gasteiger partial charge in [-0.1, -0.05) is 88.4 Å². The lowest BCUT2D eigenvalue weighted by Gasteiger charge is -2.24. The number of likely N-dealkylation sites (N-methyl/N-ethyl adjacent to an activating group) is 1. The first-order chi connectivity index (χ1) is 13.0. The van der Waals surface area contributed by atoms with Crippen LogP contribution in [0.25, 0.3) is 5.57 Å². The van der Waals surface area contributed by atoms with E-state index in [1.54, 1.807) is 14.2 Å². The number of methoxy groups -OCH3 is 1. The van der Waals surface area contributed by atoms with Gasteiger partial charge in [0.2, 0.25) is 0 Å². The number of rotatable bonds is 4. The highest BCUT2D eigenvalue weighted by Gasteiger charge is 2.14. The Labute approximate surface area is 168 Å². The van der Waals surface area contributed by atoms with E-state index < -0.39 is 0 Å². The minimum atomic E-state index is 0.408. The summed E-state index contributed by atoms with van der Waals surface area (Å²) in [6.45, 7) is 12.5. The molecular formula is C25H41NO. The smallest absolute Gasteiger partial charge is 0.0351 e. The van der Waals surface area contributed by atoms with Gasteiger partial charge < -0.3 is 9.64 Å². The Balaban J connectivity index is 0. The molecule has 0 aromatic heterocycles. The van der Waals surface area contributed by atoms with E-state index in [9.17, 15) is 0 Å². The number of nitrogens with zero attached hydrogens (tertiary/aromatic N) is 1. The van der Waals surface area contributed by atoms with E-state index >= 15 is 0 Å². The molecule has 0 N–H and O–H groups in total. The van der Waals surface area contributed by atoms with Gasteiger partial charge in [-0.05, 0) is 50.2 Å². The van der Waals surface area contributed by atoms with Crippen molar-refractivity contribution < 1.29 is 4.74 Å². The summed E-state index contributed by atoms with van der Waals surface area (Å²) in [7, 11) is 7.50. The molecule has 2 heteroatoms. The van der Waals surface area contributed by atoms with Gasteiger partial charge in [-0.3, -0.25) is 0 Å². The minimum Gasteiger partial charge on any atom is -0.388 e. The van der Waals surface area contributed by atoms with Crippen molar-refractivity contribution >= 4 is 5.57 Å². The minimum absolute atomic E-state index is 0.408. The van der Waals surface area contributed by atoms with Crippen LogP contribution < -0.4 is 0 Å². The van der Waals surface area contributed by atoms with Crippen molar-refractivity contribution in [2.45, 2.75) is 47.6 Å². The molecule has 0 aliphatic carbocycles. The fraction of sp³-hybridized carbons (Fsp3) is 0.440. The molecule has 0 heterocycles. The lowest BCUT2D eigenvalue weighted by Crippen LogP contribution is -2.26. The van der Waals surface area contributed by atoms with Crippen molar-refractivity contribution in [2.75, 3.05) is 28.3 Å². The second-order valence-corrected chi connectivity index (χ2v) is 5.84. The topological polar surface area (TPSA) is 12.5 Å². The lowest BCUT2D eigenvalue weighted by molar-refractivity contribution is 0.277. The largest absolute Gasteiger partial charge is 0.388 e. The molecule has 0 saturated heterocycles. The van der Waals surface area contributed by atoms with Crippen LogP contribution in [0.15, 0.2) is 66.2 Å². The molecule has 0 saturated carbocycles. The maximum atomic E-state index is 4.25. The van der Waals surface area contributed by atoms with E-state index in [4.69, 9.17) is 0 Å². The quantitative estimate of drug-likeness (QED) is 0.588. The summed E-state index contributed by atoms with van der Waals surface area (Å²) in [5.74, 6) is 0. The number of hydrogen-bond acceptors (Lipinski definition) is 2. The fourth-order valence-electron chi connectivity index (χ4n) is 2.43. The van der Waals surface area contributed by atoms with E-state index in [0.717, 1.165) is 0 Å². The molecule has 2 nitrogen and oxygen atoms in total. The van der Waals surface area contributed by atoms with Crippen LogP contribution >= 0.6 is 0 Å². The molecule has 0 amide bonds. The zero-order chi connectivity index (χ0) is 21.2. The standard InChI is InChI=1S/C19H23N.C2H6O.2C2H6/c1-15(16(2)20(3)4)19(17-11-7-5-8-12-17)18-13-9-6-10-14-18;1-3-2;2*1-2/h5-14,16H,1-4H3;1-2H3;2*1-2H3. The van der Waals surface area contributed by atoms with Crippen molar-refractivity contribution in [1.29, 1.82) is 0 Å². The van der Waals surface area contributed by atoms with Gasteiger partial charge >= 0.3 is 0 Å². The molecule has 0 spiro atoms. The zero-order valence-corrected chi connectivity index (χ0v) is 19.2. The van der Waals surface area contributed by atoms with Crippen LogP contribution in [-0.4, -0.2) is 39.3 Å². The van der Waals surface area contributed by atoms with E-state index in [1.165, 1.54) is 22.3 Å². The second kappa shape index (κ2) is 17.5. The molecule has 2 aromatic carbocycles. The van der Waals surface area contributed by atoms with Gasteiger partial charge in [0.25, 0.3) is 0 Å². The van der Waals surface area contributed by atoms with Crippen LogP contribution in [0.4, 0.5) is 0 Å². The highest BCUT2D eigenvalue weighted by atomic mass is 16.4. The van der Waals surface area contributed by atoms with Gasteiger partial charge in [-0.2, -0.15) is 0 Å². The molecule has 1 unspecified atom stereocenters. The Kier molecular flexibility index (Phi) is 17.7.